The fraction of sp³-hybridized carbons (Fsp3) is 0.167. The van der Waals surface area contributed by atoms with E-state index in [9.17, 15) is 9.59 Å². The van der Waals surface area contributed by atoms with Crippen molar-refractivity contribution in [3.8, 4) is 0 Å². The van der Waals surface area contributed by atoms with Crippen LogP contribution in [-0.2, 0) is 14.3 Å². The number of benzene rings is 1. The van der Waals surface area contributed by atoms with Crippen molar-refractivity contribution in [2.24, 2.45) is 10.9 Å². The van der Waals surface area contributed by atoms with Crippen molar-refractivity contribution >= 4 is 51.9 Å². The van der Waals surface area contributed by atoms with Crippen LogP contribution in [0.2, 0.25) is 5.02 Å². The number of aliphatic imine (C=N–C) groups is 1. The maximum absolute atomic E-state index is 12.7. The molecule has 25 heavy (non-hydrogen) atoms. The first-order chi connectivity index (χ1) is 12.1. The van der Waals surface area contributed by atoms with E-state index in [1.54, 1.807) is 49.4 Å². The van der Waals surface area contributed by atoms with Crippen molar-refractivity contribution in [1.82, 2.24) is 0 Å². The first-order valence-electron chi connectivity index (χ1n) is 7.56. The summed E-state index contributed by atoms with van der Waals surface area (Å²) in [4.78, 5) is 29.8. The summed E-state index contributed by atoms with van der Waals surface area (Å²) in [5.74, 6) is -1.49. The third kappa shape index (κ3) is 4.03. The number of hydrogen-bond donors (Lipinski definition) is 0. The number of allylic oxidation sites excluding steroid dienone is 1. The first kappa shape index (κ1) is 17.5. The van der Waals surface area contributed by atoms with Crippen molar-refractivity contribution in [3.63, 3.8) is 0 Å². The van der Waals surface area contributed by atoms with Gasteiger partial charge in [0, 0.05) is 5.02 Å². The smallest absolute Gasteiger partial charge is 0.323 e. The molecule has 0 radical (unpaired) electrons. The number of Topliss-reactive ketones (excluding diaryl/α,β-unsaturated/α-hetero) is 1. The fourth-order valence-corrected chi connectivity index (χ4v) is 3.55. The van der Waals surface area contributed by atoms with Crippen molar-refractivity contribution in [1.29, 1.82) is 0 Å². The van der Waals surface area contributed by atoms with E-state index >= 15 is 0 Å². The first-order valence-corrected chi connectivity index (χ1v) is 8.76. The molecule has 2 aromatic rings. The van der Waals surface area contributed by atoms with Crippen LogP contribution in [0, 0.1) is 5.92 Å². The van der Waals surface area contributed by atoms with E-state index in [0.717, 1.165) is 11.8 Å². The molecule has 1 aromatic heterocycles. The lowest BCUT2D eigenvalue weighted by Gasteiger charge is -2.07. The molecule has 7 heteroatoms. The number of carbonyl (C=O) groups excluding carboxylic acids is 2. The monoisotopic (exact) mass is 375 g/mol. The Morgan fingerprint density at radius 1 is 1.40 bits per heavy atom. The standard InChI is InChI=1S/C18H14ClNO4S/c1-2-23-18(22)15-16(21)14(10-13-7-4-8-24-13)25-17(15)20-12-6-3-5-11(19)9-12/h3-10,15H,2H2,1H3/b14-10-,20-17?. The fourth-order valence-electron chi connectivity index (χ4n) is 2.27. The molecule has 128 valence electrons. The van der Waals surface area contributed by atoms with Crippen LogP contribution >= 0.6 is 23.4 Å². The minimum absolute atomic E-state index is 0.189. The predicted octanol–water partition coefficient (Wildman–Crippen LogP) is 4.50. The zero-order chi connectivity index (χ0) is 17.8. The van der Waals surface area contributed by atoms with Gasteiger partial charge < -0.3 is 9.15 Å². The Morgan fingerprint density at radius 3 is 2.92 bits per heavy atom. The van der Waals surface area contributed by atoms with E-state index in [2.05, 4.69) is 4.99 Å². The van der Waals surface area contributed by atoms with Gasteiger partial charge in [-0.25, -0.2) is 4.99 Å². The molecule has 0 saturated carbocycles. The normalized spacial score (nSPS) is 20.4. The second kappa shape index (κ2) is 7.72. The molecule has 1 saturated heterocycles. The molecule has 5 nitrogen and oxygen atoms in total. The van der Waals surface area contributed by atoms with Gasteiger partial charge in [-0.2, -0.15) is 0 Å². The Morgan fingerprint density at radius 2 is 2.24 bits per heavy atom. The van der Waals surface area contributed by atoms with E-state index < -0.39 is 11.9 Å². The number of halogens is 1. The molecule has 0 amide bonds. The molecule has 0 bridgehead atoms. The van der Waals surface area contributed by atoms with Crippen LogP contribution in [0.1, 0.15) is 12.7 Å². The van der Waals surface area contributed by atoms with Crippen LogP contribution in [-0.4, -0.2) is 23.4 Å². The van der Waals surface area contributed by atoms with Gasteiger partial charge in [0.25, 0.3) is 0 Å². The molecule has 1 atom stereocenters. The quantitative estimate of drug-likeness (QED) is 0.447. The Labute approximate surface area is 153 Å². The highest BCUT2D eigenvalue weighted by Crippen LogP contribution is 2.38. The van der Waals surface area contributed by atoms with Gasteiger partial charge in [-0.15, -0.1) is 0 Å². The maximum atomic E-state index is 12.7. The molecule has 0 spiro atoms. The van der Waals surface area contributed by atoms with Gasteiger partial charge in [0.1, 0.15) is 10.8 Å². The largest absolute Gasteiger partial charge is 0.465 e. The summed E-state index contributed by atoms with van der Waals surface area (Å²) in [6.45, 7) is 1.88. The molecule has 1 aliphatic rings. The summed E-state index contributed by atoms with van der Waals surface area (Å²) in [6, 6.07) is 10.3. The molecule has 1 aliphatic heterocycles. The zero-order valence-corrected chi connectivity index (χ0v) is 14.8. The van der Waals surface area contributed by atoms with Gasteiger partial charge in [-0.3, -0.25) is 9.59 Å². The van der Waals surface area contributed by atoms with E-state index in [4.69, 9.17) is 20.8 Å². The molecular formula is C18H14ClNO4S. The molecule has 1 unspecified atom stereocenters. The molecule has 1 aromatic carbocycles. The highest BCUT2D eigenvalue weighted by Gasteiger charge is 2.43. The number of nitrogens with zero attached hydrogens (tertiary/aromatic N) is 1. The summed E-state index contributed by atoms with van der Waals surface area (Å²) in [5, 5.41) is 0.888. The molecule has 3 rings (SSSR count). The van der Waals surface area contributed by atoms with E-state index in [0.29, 0.717) is 26.4 Å². The third-order valence-corrected chi connectivity index (χ3v) is 4.66. The summed E-state index contributed by atoms with van der Waals surface area (Å²) in [6.07, 6.45) is 3.11. The number of ether oxygens (including phenoxy) is 1. The molecule has 0 N–H and O–H groups in total. The van der Waals surface area contributed by atoms with E-state index in [1.165, 1.54) is 6.26 Å². The number of furan rings is 1. The minimum Gasteiger partial charge on any atom is -0.465 e. The van der Waals surface area contributed by atoms with Gasteiger partial charge in [0.05, 0.1) is 23.5 Å². The lowest BCUT2D eigenvalue weighted by Crippen LogP contribution is -2.27. The van der Waals surface area contributed by atoms with Crippen molar-refractivity contribution in [3.05, 3.63) is 58.3 Å². The number of ketones is 1. The van der Waals surface area contributed by atoms with Gasteiger partial charge in [0.15, 0.2) is 11.7 Å². The lowest BCUT2D eigenvalue weighted by molar-refractivity contribution is -0.147. The Bertz CT molecular complexity index is 858. The number of rotatable bonds is 4. The lowest BCUT2D eigenvalue weighted by atomic mass is 10.1. The summed E-state index contributed by atoms with van der Waals surface area (Å²) in [5.41, 5.74) is 0.566. The van der Waals surface area contributed by atoms with Crippen molar-refractivity contribution < 1.29 is 18.7 Å². The van der Waals surface area contributed by atoms with Gasteiger partial charge in [0.2, 0.25) is 0 Å². The SMILES string of the molecule is CCOC(=O)C1C(=O)/C(=C/c2ccco2)SC1=Nc1cccc(Cl)c1. The molecule has 0 aliphatic carbocycles. The highest BCUT2D eigenvalue weighted by molar-refractivity contribution is 8.19. The van der Waals surface area contributed by atoms with Crippen LogP contribution in [0.3, 0.4) is 0 Å². The molecular weight excluding hydrogens is 362 g/mol. The summed E-state index contributed by atoms with van der Waals surface area (Å²) < 4.78 is 10.3. The average molecular weight is 376 g/mol. The van der Waals surface area contributed by atoms with Gasteiger partial charge in [-0.05, 0) is 43.3 Å². The predicted molar refractivity (Wildman–Crippen MR) is 98.0 cm³/mol. The highest BCUT2D eigenvalue weighted by atomic mass is 35.5. The third-order valence-electron chi connectivity index (χ3n) is 3.35. The van der Waals surface area contributed by atoms with Crippen LogP contribution in [0.25, 0.3) is 6.08 Å². The number of thioether (sulfide) groups is 1. The van der Waals surface area contributed by atoms with Crippen LogP contribution in [0.5, 0.6) is 0 Å². The average Bonchev–Trinajstić information content (AvgIpc) is 3.17. The van der Waals surface area contributed by atoms with Crippen molar-refractivity contribution in [2.45, 2.75) is 6.92 Å². The maximum Gasteiger partial charge on any atom is 0.323 e. The van der Waals surface area contributed by atoms with Crippen LogP contribution in [0.15, 0.2) is 57.0 Å². The van der Waals surface area contributed by atoms with Gasteiger partial charge in [-0.1, -0.05) is 29.4 Å². The second-order valence-corrected chi connectivity index (χ2v) is 6.60. The van der Waals surface area contributed by atoms with E-state index in [-0.39, 0.29) is 12.4 Å². The topological polar surface area (TPSA) is 68.9 Å². The second-order valence-electron chi connectivity index (χ2n) is 5.11. The minimum atomic E-state index is -1.06. The van der Waals surface area contributed by atoms with E-state index in [1.807, 2.05) is 0 Å². The summed E-state index contributed by atoms with van der Waals surface area (Å²) in [7, 11) is 0. The van der Waals surface area contributed by atoms with Crippen LogP contribution < -0.4 is 0 Å². The number of hydrogen-bond acceptors (Lipinski definition) is 6. The number of carbonyl (C=O) groups is 2. The Hall–Kier alpha value is -2.31. The Balaban J connectivity index is 1.99. The van der Waals surface area contributed by atoms with Crippen LogP contribution in [0.4, 0.5) is 5.69 Å². The Kier molecular flexibility index (Phi) is 5.40. The van der Waals surface area contributed by atoms with Crippen molar-refractivity contribution in [2.75, 3.05) is 6.61 Å². The molecule has 2 heterocycles. The zero-order valence-electron chi connectivity index (χ0n) is 13.3. The summed E-state index contributed by atoms with van der Waals surface area (Å²) >= 11 is 7.11. The number of esters is 1. The van der Waals surface area contributed by atoms with Gasteiger partial charge >= 0.3 is 5.97 Å². The molecule has 1 fully saturated rings.